The molecule has 0 saturated heterocycles. The van der Waals surface area contributed by atoms with Crippen molar-refractivity contribution in [3.63, 3.8) is 0 Å². The van der Waals surface area contributed by atoms with Gasteiger partial charge >= 0.3 is 5.97 Å². The lowest BCUT2D eigenvalue weighted by atomic mass is 10.2. The molecule has 0 aliphatic rings. The summed E-state index contributed by atoms with van der Waals surface area (Å²) in [5.74, 6) is -0.270. The van der Waals surface area contributed by atoms with Crippen LogP contribution < -0.4 is 4.90 Å². The molecule has 0 N–H and O–H groups in total. The zero-order valence-corrected chi connectivity index (χ0v) is 13.2. The minimum atomic E-state index is -0.270. The third-order valence-electron chi connectivity index (χ3n) is 3.56. The van der Waals surface area contributed by atoms with Crippen LogP contribution in [0.15, 0.2) is 60.7 Å². The zero-order valence-electron chi connectivity index (χ0n) is 13.2. The number of benzene rings is 2. The first-order chi connectivity index (χ1) is 10.8. The summed E-state index contributed by atoms with van der Waals surface area (Å²) in [6, 6.07) is 19.2. The van der Waals surface area contributed by atoms with Crippen LogP contribution in [0.5, 0.6) is 0 Å². The van der Waals surface area contributed by atoms with Gasteiger partial charge in [-0.15, -0.1) is 0 Å². The zero-order chi connectivity index (χ0) is 15.8. The average Bonchev–Trinajstić information content (AvgIpc) is 2.57. The monoisotopic (exact) mass is 297 g/mol. The van der Waals surface area contributed by atoms with E-state index in [1.807, 2.05) is 48.5 Å². The van der Waals surface area contributed by atoms with Crippen molar-refractivity contribution in [2.45, 2.75) is 32.9 Å². The number of ether oxygens (including phenoxy) is 1. The fraction of sp³-hybridized carbons (Fsp3) is 0.316. The van der Waals surface area contributed by atoms with E-state index in [4.69, 9.17) is 4.74 Å². The van der Waals surface area contributed by atoms with Gasteiger partial charge in [0.2, 0.25) is 0 Å². The molecule has 0 spiro atoms. The Bertz CT molecular complexity index is 569. The number of hydrogen-bond acceptors (Lipinski definition) is 3. The van der Waals surface area contributed by atoms with Crippen molar-refractivity contribution >= 4 is 11.7 Å². The van der Waals surface area contributed by atoms with Crippen molar-refractivity contribution in [1.29, 1.82) is 0 Å². The van der Waals surface area contributed by atoms with E-state index in [0.717, 1.165) is 25.1 Å². The summed E-state index contributed by atoms with van der Waals surface area (Å²) in [6.07, 6.45) is 1.52. The molecule has 0 aliphatic heterocycles. The highest BCUT2D eigenvalue weighted by molar-refractivity contribution is 5.89. The maximum absolute atomic E-state index is 12.3. The Kier molecular flexibility index (Phi) is 6.01. The number of nitrogens with zero attached hydrogens (tertiary/aromatic N) is 1. The molecule has 0 aliphatic carbocycles. The average molecular weight is 297 g/mol. The summed E-state index contributed by atoms with van der Waals surface area (Å²) in [7, 11) is 0. The summed E-state index contributed by atoms with van der Waals surface area (Å²) in [4.78, 5) is 14.5. The van der Waals surface area contributed by atoms with Crippen LogP contribution in [0.1, 0.15) is 37.0 Å². The largest absolute Gasteiger partial charge is 0.438 e. The fourth-order valence-electron chi connectivity index (χ4n) is 2.46. The topological polar surface area (TPSA) is 29.5 Å². The molecule has 0 heterocycles. The Morgan fingerprint density at radius 3 is 2.14 bits per heavy atom. The van der Waals surface area contributed by atoms with Crippen LogP contribution in [0.25, 0.3) is 0 Å². The summed E-state index contributed by atoms with van der Waals surface area (Å²) in [6.45, 7) is 4.96. The van der Waals surface area contributed by atoms with Gasteiger partial charge in [-0.2, -0.15) is 0 Å². The number of anilines is 1. The van der Waals surface area contributed by atoms with Crippen LogP contribution in [0, 0.1) is 0 Å². The van der Waals surface area contributed by atoms with E-state index in [-0.39, 0.29) is 12.2 Å². The molecule has 0 saturated carbocycles. The van der Waals surface area contributed by atoms with Gasteiger partial charge in [-0.1, -0.05) is 49.7 Å². The minimum absolute atomic E-state index is 0.245. The second-order valence-corrected chi connectivity index (χ2v) is 5.14. The van der Waals surface area contributed by atoms with Crippen LogP contribution in [-0.2, 0) is 4.74 Å². The summed E-state index contributed by atoms with van der Waals surface area (Å²) >= 11 is 0. The van der Waals surface area contributed by atoms with Gasteiger partial charge in [0.1, 0.15) is 0 Å². The van der Waals surface area contributed by atoms with Gasteiger partial charge in [0.25, 0.3) is 0 Å². The van der Waals surface area contributed by atoms with Crippen molar-refractivity contribution in [3.05, 3.63) is 66.2 Å². The van der Waals surface area contributed by atoms with Crippen LogP contribution in [0.2, 0.25) is 0 Å². The number of esters is 1. The van der Waals surface area contributed by atoms with Gasteiger partial charge in [-0.05, 0) is 31.2 Å². The number of para-hydroxylation sites is 1. The number of rotatable bonds is 7. The Labute approximate surface area is 132 Å². The van der Waals surface area contributed by atoms with Gasteiger partial charge in [-0.3, -0.25) is 0 Å². The third-order valence-corrected chi connectivity index (χ3v) is 3.56. The number of carbonyl (C=O) groups is 1. The molecule has 0 aromatic heterocycles. The maximum Gasteiger partial charge on any atom is 0.340 e. The molecule has 116 valence electrons. The molecule has 1 atom stereocenters. The van der Waals surface area contributed by atoms with Crippen LogP contribution in [-0.4, -0.2) is 18.7 Å². The normalized spacial score (nSPS) is 11.7. The van der Waals surface area contributed by atoms with Crippen molar-refractivity contribution in [1.82, 2.24) is 0 Å². The molecule has 0 fully saturated rings. The number of hydrogen-bond donors (Lipinski definition) is 0. The van der Waals surface area contributed by atoms with E-state index in [9.17, 15) is 4.79 Å². The van der Waals surface area contributed by atoms with Gasteiger partial charge in [0.05, 0.1) is 5.56 Å². The maximum atomic E-state index is 12.3. The Hall–Kier alpha value is -2.29. The first kappa shape index (κ1) is 16.1. The molecular weight excluding hydrogens is 274 g/mol. The fourth-order valence-corrected chi connectivity index (χ4v) is 2.46. The highest BCUT2D eigenvalue weighted by Gasteiger charge is 2.21. The van der Waals surface area contributed by atoms with E-state index in [2.05, 4.69) is 18.7 Å². The van der Waals surface area contributed by atoms with E-state index < -0.39 is 0 Å². The molecule has 0 radical (unpaired) electrons. The second kappa shape index (κ2) is 8.23. The lowest BCUT2D eigenvalue weighted by molar-refractivity contribution is 0.0273. The quantitative estimate of drug-likeness (QED) is 0.557. The third kappa shape index (κ3) is 4.10. The summed E-state index contributed by atoms with van der Waals surface area (Å²) in [5, 5.41) is 0. The standard InChI is InChI=1S/C19H23NO2/c1-3-11-18(20(4-2)17-14-9-6-10-15-17)22-19(21)16-12-7-5-8-13-16/h5-10,12-15,18H,3-4,11H2,1-2H3. The van der Waals surface area contributed by atoms with Crippen LogP contribution in [0.4, 0.5) is 5.69 Å². The predicted octanol–water partition coefficient (Wildman–Crippen LogP) is 4.50. The SMILES string of the molecule is CCCC(OC(=O)c1ccccc1)N(CC)c1ccccc1. The van der Waals surface area contributed by atoms with Crippen LogP contribution in [0.3, 0.4) is 0 Å². The van der Waals surface area contributed by atoms with Gasteiger partial charge in [-0.25, -0.2) is 4.79 Å². The second-order valence-electron chi connectivity index (χ2n) is 5.14. The predicted molar refractivity (Wildman–Crippen MR) is 90.0 cm³/mol. The van der Waals surface area contributed by atoms with E-state index in [1.165, 1.54) is 0 Å². The first-order valence-electron chi connectivity index (χ1n) is 7.84. The van der Waals surface area contributed by atoms with E-state index >= 15 is 0 Å². The Balaban J connectivity index is 2.16. The van der Waals surface area contributed by atoms with Crippen LogP contribution >= 0.6 is 0 Å². The highest BCUT2D eigenvalue weighted by atomic mass is 16.6. The molecule has 0 bridgehead atoms. The lowest BCUT2D eigenvalue weighted by Crippen LogP contribution is -2.38. The minimum Gasteiger partial charge on any atom is -0.438 e. The van der Waals surface area contributed by atoms with Crippen molar-refractivity contribution in [2.24, 2.45) is 0 Å². The molecule has 2 aromatic carbocycles. The number of carbonyl (C=O) groups excluding carboxylic acids is 1. The van der Waals surface area contributed by atoms with Crippen molar-refractivity contribution in [2.75, 3.05) is 11.4 Å². The van der Waals surface area contributed by atoms with Gasteiger partial charge < -0.3 is 9.64 Å². The lowest BCUT2D eigenvalue weighted by Gasteiger charge is -2.32. The molecular formula is C19H23NO2. The van der Waals surface area contributed by atoms with Gasteiger partial charge in [0.15, 0.2) is 6.23 Å². The molecule has 3 heteroatoms. The Morgan fingerprint density at radius 2 is 1.59 bits per heavy atom. The summed E-state index contributed by atoms with van der Waals surface area (Å²) < 4.78 is 5.77. The van der Waals surface area contributed by atoms with E-state index in [1.54, 1.807) is 12.1 Å². The molecule has 3 nitrogen and oxygen atoms in total. The summed E-state index contributed by atoms with van der Waals surface area (Å²) in [5.41, 5.74) is 1.66. The van der Waals surface area contributed by atoms with Crippen molar-refractivity contribution < 1.29 is 9.53 Å². The molecule has 2 aromatic rings. The molecule has 22 heavy (non-hydrogen) atoms. The smallest absolute Gasteiger partial charge is 0.340 e. The van der Waals surface area contributed by atoms with E-state index in [0.29, 0.717) is 5.56 Å². The molecule has 1 unspecified atom stereocenters. The van der Waals surface area contributed by atoms with Crippen molar-refractivity contribution in [3.8, 4) is 0 Å². The molecule has 0 amide bonds. The highest BCUT2D eigenvalue weighted by Crippen LogP contribution is 2.20. The molecule has 2 rings (SSSR count). The van der Waals surface area contributed by atoms with Gasteiger partial charge in [0, 0.05) is 18.7 Å². The Morgan fingerprint density at radius 1 is 1.00 bits per heavy atom. The first-order valence-corrected chi connectivity index (χ1v) is 7.84.